The molecule has 0 aromatic carbocycles. The van der Waals surface area contributed by atoms with Gasteiger partial charge < -0.3 is 79.8 Å². The summed E-state index contributed by atoms with van der Waals surface area (Å²) in [5.74, 6) is -7.53. The van der Waals surface area contributed by atoms with Gasteiger partial charge in [-0.05, 0) is 61.1 Å². The summed E-state index contributed by atoms with van der Waals surface area (Å²) in [4.78, 5) is 57.8. The van der Waals surface area contributed by atoms with Crippen molar-refractivity contribution >= 4 is 35.8 Å². The Morgan fingerprint density at radius 2 is 0.574 bits per heavy atom. The summed E-state index contributed by atoms with van der Waals surface area (Å²) < 4.78 is 0. The van der Waals surface area contributed by atoms with E-state index in [0.29, 0.717) is 0 Å². The van der Waals surface area contributed by atoms with Crippen LogP contribution in [0.25, 0.3) is 0 Å². The van der Waals surface area contributed by atoms with Gasteiger partial charge in [-0.15, -0.1) is 0 Å². The Kier molecular flexibility index (Phi) is 57.9. The molecule has 19 heteroatoms. The minimum Gasteiger partial charge on any atom is -0.545 e. The first-order chi connectivity index (χ1) is 19.7. The topological polar surface area (TPSA) is 322 Å². The fraction of sp³-hybridized carbons (Fsp3) is 0.357. The van der Waals surface area contributed by atoms with Crippen LogP contribution in [0.3, 0.4) is 0 Å². The van der Waals surface area contributed by atoms with Crippen LogP contribution in [-0.2, 0) is 87.2 Å². The van der Waals surface area contributed by atoms with Crippen LogP contribution < -0.4 is 30.6 Å². The van der Waals surface area contributed by atoms with Gasteiger partial charge in [-0.2, -0.15) is 0 Å². The number of hydrogen-bond donors (Lipinski definition) is 4. The molecule has 0 amide bonds. The van der Waals surface area contributed by atoms with Gasteiger partial charge in [0.05, 0.1) is 61.2 Å². The Morgan fingerprint density at radius 1 is 0.447 bits per heavy atom. The Morgan fingerprint density at radius 3 is 0.638 bits per heavy atom. The average molecular weight is 827 g/mol. The van der Waals surface area contributed by atoms with Gasteiger partial charge in [0.1, 0.15) is 0 Å². The molecule has 0 bridgehead atoms. The molecule has 0 saturated carbocycles. The molecule has 2 unspecified atom stereocenters. The van der Waals surface area contributed by atoms with Crippen LogP contribution in [0.4, 0.5) is 0 Å². The predicted octanol–water partition coefficient (Wildman–Crippen LogP) is -6.69. The van der Waals surface area contributed by atoms with Crippen molar-refractivity contribution < 1.29 is 138 Å². The van der Waals surface area contributed by atoms with Gasteiger partial charge in [0, 0.05) is 12.8 Å². The number of carbonyl (C=O) groups excluding carboxylic acids is 6. The predicted molar refractivity (Wildman–Crippen MR) is 143 cm³/mol. The van der Waals surface area contributed by atoms with Crippen molar-refractivity contribution in [3.05, 3.63) is 72.9 Å². The molecular weight excluding hydrogens is 788 g/mol. The van der Waals surface area contributed by atoms with Crippen molar-refractivity contribution in [3.8, 4) is 0 Å². The van der Waals surface area contributed by atoms with Crippen LogP contribution in [0.1, 0.15) is 40.5 Å². The zero-order valence-electron chi connectivity index (χ0n) is 27.0. The SMILES string of the molecule is C=C(C)C(=O)[O-].C=C(C)C(=O)[O-].C=C(C)C(=O)[O-].C=C(C)C(=O)[O-].C=C(CC(O)CO)C(=O)[O-].C=C(CC(O)CO)C(=O)[O-].[Zn+2].[Zn+2].[Zn+2]. The second kappa shape index (κ2) is 41.0. The molecule has 0 aromatic rings. The molecule has 0 aromatic heterocycles. The quantitative estimate of drug-likeness (QED) is 0.105. The van der Waals surface area contributed by atoms with E-state index in [2.05, 4.69) is 39.5 Å². The summed E-state index contributed by atoms with van der Waals surface area (Å²) in [7, 11) is 0. The summed E-state index contributed by atoms with van der Waals surface area (Å²) >= 11 is 0. The molecule has 47 heavy (non-hydrogen) atoms. The molecule has 0 aliphatic rings. The maximum absolute atomic E-state index is 9.95. The maximum Gasteiger partial charge on any atom is 2.00 e. The van der Waals surface area contributed by atoms with Crippen molar-refractivity contribution in [1.82, 2.24) is 0 Å². The summed E-state index contributed by atoms with van der Waals surface area (Å²) in [6, 6.07) is 0. The molecule has 0 aliphatic carbocycles. The van der Waals surface area contributed by atoms with E-state index in [1.54, 1.807) is 0 Å². The van der Waals surface area contributed by atoms with Crippen LogP contribution in [0.5, 0.6) is 0 Å². The van der Waals surface area contributed by atoms with E-state index in [-0.39, 0.29) is 105 Å². The summed E-state index contributed by atoms with van der Waals surface area (Å²) in [6.45, 7) is 23.2. The van der Waals surface area contributed by atoms with Crippen LogP contribution >= 0.6 is 0 Å². The van der Waals surface area contributed by atoms with Crippen molar-refractivity contribution in [3.63, 3.8) is 0 Å². The fourth-order valence-electron chi connectivity index (χ4n) is 0.865. The normalized spacial score (nSPS) is 9.19. The largest absolute Gasteiger partial charge is 2.00 e. The van der Waals surface area contributed by atoms with Crippen molar-refractivity contribution in [2.24, 2.45) is 0 Å². The zero-order chi connectivity index (χ0) is 36.9. The third kappa shape index (κ3) is 66.4. The molecular formula is C28H38O16Zn3. The van der Waals surface area contributed by atoms with Crippen LogP contribution in [0.15, 0.2) is 72.9 Å². The number of aliphatic hydroxyl groups is 4. The Labute approximate surface area is 311 Å². The molecule has 4 N–H and O–H groups in total. The van der Waals surface area contributed by atoms with E-state index in [1.807, 2.05) is 0 Å². The van der Waals surface area contributed by atoms with Gasteiger partial charge >= 0.3 is 58.4 Å². The van der Waals surface area contributed by atoms with Crippen LogP contribution in [0, 0.1) is 0 Å². The second-order valence-electron chi connectivity index (χ2n) is 8.13. The number of carboxylic acids is 6. The Balaban J connectivity index is -0.0000000529. The van der Waals surface area contributed by atoms with Gasteiger partial charge in [-0.1, -0.05) is 39.5 Å². The first-order valence-electron chi connectivity index (χ1n) is 11.6. The first kappa shape index (κ1) is 66.4. The Bertz CT molecular complexity index is 874. The summed E-state index contributed by atoms with van der Waals surface area (Å²) in [5.41, 5.74) is -0.155. The molecule has 0 saturated heterocycles. The zero-order valence-corrected chi connectivity index (χ0v) is 35.9. The molecule has 0 spiro atoms. The summed E-state index contributed by atoms with van der Waals surface area (Å²) in [6.07, 6.45) is -2.41. The monoisotopic (exact) mass is 822 g/mol. The van der Waals surface area contributed by atoms with Crippen molar-refractivity contribution in [2.75, 3.05) is 13.2 Å². The summed E-state index contributed by atoms with van der Waals surface area (Å²) in [5, 5.41) is 91.7. The smallest absolute Gasteiger partial charge is 0.545 e. The van der Waals surface area contributed by atoms with Gasteiger partial charge in [0.25, 0.3) is 0 Å². The van der Waals surface area contributed by atoms with Gasteiger partial charge in [0.2, 0.25) is 0 Å². The van der Waals surface area contributed by atoms with Gasteiger partial charge in [-0.3, -0.25) is 0 Å². The molecule has 0 rings (SSSR count). The molecule has 0 aliphatic heterocycles. The minimum absolute atomic E-state index is 0. The molecule has 2 atom stereocenters. The van der Waals surface area contributed by atoms with Gasteiger partial charge in [-0.25, -0.2) is 0 Å². The van der Waals surface area contributed by atoms with Gasteiger partial charge in [0.15, 0.2) is 0 Å². The van der Waals surface area contributed by atoms with Crippen LogP contribution in [-0.4, -0.2) is 81.7 Å². The number of carboxylic acid groups (broad SMARTS) is 6. The molecule has 252 valence electrons. The minimum atomic E-state index is -1.40. The van der Waals surface area contributed by atoms with E-state index in [1.165, 1.54) is 27.7 Å². The van der Waals surface area contributed by atoms with Crippen molar-refractivity contribution in [1.29, 1.82) is 0 Å². The molecule has 0 radical (unpaired) electrons. The standard InChI is InChI=1S/2C6H10O4.4C4H6O2.3Zn/c2*1-4(6(9)10)2-5(8)3-7;4*1-3(2)4(5)6;;;/h2*5,7-8H,1-3H2,(H,9,10);4*1H2,2H3,(H,5,6);;;/q;;;;;;3*+2/p-6. The van der Waals surface area contributed by atoms with Crippen LogP contribution in [0.2, 0.25) is 0 Å². The van der Waals surface area contributed by atoms with E-state index in [9.17, 15) is 59.4 Å². The second-order valence-corrected chi connectivity index (χ2v) is 8.13. The maximum atomic E-state index is 9.95. The molecule has 0 fully saturated rings. The third-order valence-electron chi connectivity index (χ3n) is 3.36. The van der Waals surface area contributed by atoms with E-state index in [4.69, 9.17) is 20.4 Å². The van der Waals surface area contributed by atoms with Crippen molar-refractivity contribution in [2.45, 2.75) is 52.7 Å². The number of aliphatic hydroxyl groups excluding tert-OH is 4. The number of carbonyl (C=O) groups is 6. The number of hydrogen-bond acceptors (Lipinski definition) is 16. The van der Waals surface area contributed by atoms with E-state index in [0.717, 1.165) is 0 Å². The van der Waals surface area contributed by atoms with E-state index < -0.39 is 61.2 Å². The number of aliphatic carboxylic acids is 6. The third-order valence-corrected chi connectivity index (χ3v) is 3.36. The average Bonchev–Trinajstić information content (AvgIpc) is 2.89. The molecule has 0 heterocycles. The van der Waals surface area contributed by atoms with E-state index >= 15 is 0 Å². The number of rotatable bonds is 12. The first-order valence-corrected chi connectivity index (χ1v) is 11.6. The fourth-order valence-corrected chi connectivity index (χ4v) is 0.865. The molecule has 16 nitrogen and oxygen atoms in total. The Hall–Kier alpha value is -3.03.